The summed E-state index contributed by atoms with van der Waals surface area (Å²) in [6.07, 6.45) is -2.25. The minimum Gasteiger partial charge on any atom is -0.320 e. The van der Waals surface area contributed by atoms with E-state index < -0.39 is 29.3 Å². The van der Waals surface area contributed by atoms with Crippen LogP contribution in [0.25, 0.3) is 0 Å². The average Bonchev–Trinajstić information content (AvgIpc) is 3.34. The van der Waals surface area contributed by atoms with E-state index >= 15 is 0 Å². The highest BCUT2D eigenvalue weighted by atomic mass is 35.5. The third-order valence-corrected chi connectivity index (χ3v) is 5.72. The van der Waals surface area contributed by atoms with Crippen molar-refractivity contribution in [1.82, 2.24) is 24.5 Å². The number of nitrogens with zero attached hydrogens (tertiary/aromatic N) is 5. The number of rotatable bonds is 3. The Morgan fingerprint density at radius 1 is 1.32 bits per heavy atom. The largest absolute Gasteiger partial charge is 0.431 e. The summed E-state index contributed by atoms with van der Waals surface area (Å²) >= 11 is 6.80. The van der Waals surface area contributed by atoms with E-state index in [9.17, 15) is 18.0 Å². The van der Waals surface area contributed by atoms with Gasteiger partial charge in [0, 0.05) is 18.3 Å². The maximum absolute atomic E-state index is 13.9. The molecule has 0 fully saturated rings. The lowest BCUT2D eigenvalue weighted by Gasteiger charge is -2.30. The maximum atomic E-state index is 13.9. The van der Waals surface area contributed by atoms with Gasteiger partial charge in [-0.2, -0.15) is 28.4 Å². The Morgan fingerprint density at radius 2 is 2.07 bits per heavy atom. The number of alkyl halides is 3. The summed E-state index contributed by atoms with van der Waals surface area (Å²) in [5.41, 5.74) is -0.635. The first-order valence-electron chi connectivity index (χ1n) is 7.95. The molecule has 0 unspecified atom stereocenters. The van der Waals surface area contributed by atoms with Crippen LogP contribution in [0.3, 0.4) is 0 Å². The van der Waals surface area contributed by atoms with Crippen molar-refractivity contribution in [2.45, 2.75) is 19.1 Å². The lowest BCUT2D eigenvalue weighted by atomic mass is 9.92. The summed E-state index contributed by atoms with van der Waals surface area (Å²) in [6, 6.07) is 1.73. The molecule has 0 aliphatic carbocycles. The number of carbonyl (C=O) groups is 1. The molecule has 12 heteroatoms. The molecule has 0 aromatic carbocycles. The molecule has 1 aliphatic rings. The van der Waals surface area contributed by atoms with Gasteiger partial charge in [0.25, 0.3) is 0 Å². The van der Waals surface area contributed by atoms with E-state index in [-0.39, 0.29) is 10.8 Å². The third kappa shape index (κ3) is 2.90. The summed E-state index contributed by atoms with van der Waals surface area (Å²) in [5, 5.41) is 10.4. The van der Waals surface area contributed by atoms with Gasteiger partial charge in [0.1, 0.15) is 18.1 Å². The van der Waals surface area contributed by atoms with Crippen molar-refractivity contribution in [3.05, 3.63) is 56.4 Å². The smallest absolute Gasteiger partial charge is 0.320 e. The maximum Gasteiger partial charge on any atom is 0.431 e. The zero-order valence-electron chi connectivity index (χ0n) is 14.5. The Hall–Kier alpha value is -2.66. The zero-order valence-corrected chi connectivity index (χ0v) is 16.0. The summed E-state index contributed by atoms with van der Waals surface area (Å²) in [5.74, 6) is -0.896. The van der Waals surface area contributed by atoms with Crippen LogP contribution in [0.4, 0.5) is 19.1 Å². The van der Waals surface area contributed by atoms with Crippen LogP contribution in [0.5, 0.6) is 0 Å². The van der Waals surface area contributed by atoms with Gasteiger partial charge in [-0.1, -0.05) is 11.6 Å². The fourth-order valence-corrected chi connectivity index (χ4v) is 4.07. The molecule has 146 valence electrons. The SMILES string of the molecule is Cc1c([C@@H]2C(C(=O)c3ccc(Cl)s3)=C(C(F)(F)F)Nc3ncnn32)cnn1C. The van der Waals surface area contributed by atoms with Gasteiger partial charge >= 0.3 is 6.18 Å². The molecule has 0 radical (unpaired) electrons. The molecule has 28 heavy (non-hydrogen) atoms. The van der Waals surface area contributed by atoms with E-state index in [2.05, 4.69) is 20.5 Å². The van der Waals surface area contributed by atoms with Gasteiger partial charge in [-0.25, -0.2) is 4.68 Å². The van der Waals surface area contributed by atoms with Gasteiger partial charge in [-0.3, -0.25) is 9.48 Å². The monoisotopic (exact) mass is 428 g/mol. The molecule has 4 rings (SSSR count). The second kappa shape index (κ2) is 6.45. The number of anilines is 1. The number of thiophene rings is 1. The fourth-order valence-electron chi connectivity index (χ4n) is 3.07. The number of Topliss-reactive ketones (excluding diaryl/α,β-unsaturated/α-hetero) is 1. The molecule has 1 aliphatic heterocycles. The zero-order chi connectivity index (χ0) is 20.2. The molecule has 0 saturated carbocycles. The lowest BCUT2D eigenvalue weighted by molar-refractivity contribution is -0.0918. The van der Waals surface area contributed by atoms with Crippen molar-refractivity contribution in [2.24, 2.45) is 7.05 Å². The van der Waals surface area contributed by atoms with Gasteiger partial charge in [0.2, 0.25) is 11.7 Å². The Balaban J connectivity index is 2.00. The first kappa shape index (κ1) is 18.7. The molecule has 0 spiro atoms. The molecular formula is C16H12ClF3N6OS. The van der Waals surface area contributed by atoms with Gasteiger partial charge in [0.15, 0.2) is 0 Å². The number of carbonyl (C=O) groups excluding carboxylic acids is 1. The standard InChI is InChI=1S/C16H12ClF3N6OS/c1-7-8(5-22-25(7)2)12-11(13(27)9-3-4-10(17)28-9)14(16(18,19)20)24-15-21-6-23-26(12)15/h3-6,12H,1-2H3,(H,21,23,24)/t12-/m1/s1. The quantitative estimate of drug-likeness (QED) is 0.643. The minimum atomic E-state index is -4.81. The Bertz CT molecular complexity index is 1110. The number of aryl methyl sites for hydroxylation is 1. The van der Waals surface area contributed by atoms with E-state index in [4.69, 9.17) is 11.6 Å². The Labute approximate surface area is 165 Å². The van der Waals surface area contributed by atoms with E-state index in [1.807, 2.05) is 0 Å². The van der Waals surface area contributed by atoms with Gasteiger partial charge in [0.05, 0.1) is 21.0 Å². The molecule has 0 amide bonds. The van der Waals surface area contributed by atoms with Crippen molar-refractivity contribution in [3.63, 3.8) is 0 Å². The lowest BCUT2D eigenvalue weighted by Crippen LogP contribution is -2.35. The summed E-state index contributed by atoms with van der Waals surface area (Å²) < 4.78 is 44.8. The molecule has 4 heterocycles. The topological polar surface area (TPSA) is 77.6 Å². The van der Waals surface area contributed by atoms with Crippen LogP contribution >= 0.6 is 22.9 Å². The molecule has 0 saturated heterocycles. The van der Waals surface area contributed by atoms with E-state index in [0.717, 1.165) is 17.7 Å². The number of fused-ring (bicyclic) bond motifs is 1. The first-order chi connectivity index (χ1) is 13.2. The number of hydrogen-bond donors (Lipinski definition) is 1. The summed E-state index contributed by atoms with van der Waals surface area (Å²) in [4.78, 5) is 17.1. The highest BCUT2D eigenvalue weighted by Crippen LogP contribution is 2.43. The van der Waals surface area contributed by atoms with Gasteiger partial charge in [-0.05, 0) is 19.1 Å². The minimum absolute atomic E-state index is 0.0960. The molecular weight excluding hydrogens is 417 g/mol. The molecule has 1 atom stereocenters. The second-order valence-corrected chi connectivity index (χ2v) is 7.80. The predicted octanol–water partition coefficient (Wildman–Crippen LogP) is 3.75. The predicted molar refractivity (Wildman–Crippen MR) is 96.5 cm³/mol. The van der Waals surface area contributed by atoms with Crippen LogP contribution in [0.2, 0.25) is 4.34 Å². The van der Waals surface area contributed by atoms with Crippen LogP contribution in [-0.4, -0.2) is 36.5 Å². The Kier molecular flexibility index (Phi) is 4.31. The highest BCUT2D eigenvalue weighted by Gasteiger charge is 2.46. The van der Waals surface area contributed by atoms with Crippen LogP contribution < -0.4 is 5.32 Å². The van der Waals surface area contributed by atoms with Crippen LogP contribution in [0, 0.1) is 6.92 Å². The van der Waals surface area contributed by atoms with Gasteiger partial charge < -0.3 is 5.32 Å². The van der Waals surface area contributed by atoms with E-state index in [1.165, 1.54) is 27.7 Å². The van der Waals surface area contributed by atoms with E-state index in [0.29, 0.717) is 15.6 Å². The van der Waals surface area contributed by atoms with Crippen molar-refractivity contribution in [2.75, 3.05) is 5.32 Å². The number of allylic oxidation sites excluding steroid dienone is 2. The number of hydrogen-bond acceptors (Lipinski definition) is 6. The summed E-state index contributed by atoms with van der Waals surface area (Å²) in [7, 11) is 1.66. The molecule has 1 N–H and O–H groups in total. The average molecular weight is 429 g/mol. The van der Waals surface area contributed by atoms with Crippen molar-refractivity contribution in [3.8, 4) is 0 Å². The van der Waals surface area contributed by atoms with E-state index in [1.54, 1.807) is 14.0 Å². The van der Waals surface area contributed by atoms with Gasteiger partial charge in [-0.15, -0.1) is 11.3 Å². The van der Waals surface area contributed by atoms with Crippen LogP contribution in [-0.2, 0) is 7.05 Å². The molecule has 7 nitrogen and oxygen atoms in total. The summed E-state index contributed by atoms with van der Waals surface area (Å²) in [6.45, 7) is 1.71. The number of aromatic nitrogens is 5. The number of halogens is 4. The number of nitrogens with one attached hydrogen (secondary N) is 1. The fraction of sp³-hybridized carbons (Fsp3) is 0.250. The van der Waals surface area contributed by atoms with Crippen molar-refractivity contribution in [1.29, 1.82) is 0 Å². The molecule has 0 bridgehead atoms. The van der Waals surface area contributed by atoms with Crippen LogP contribution in [0.1, 0.15) is 27.0 Å². The second-order valence-electron chi connectivity index (χ2n) is 6.08. The molecule has 3 aromatic rings. The number of ketones is 1. The Morgan fingerprint density at radius 3 is 2.64 bits per heavy atom. The third-order valence-electron chi connectivity index (χ3n) is 4.49. The normalized spacial score (nSPS) is 16.9. The van der Waals surface area contributed by atoms with Crippen molar-refractivity contribution >= 4 is 34.7 Å². The molecule has 3 aromatic heterocycles. The highest BCUT2D eigenvalue weighted by molar-refractivity contribution is 7.18. The van der Waals surface area contributed by atoms with Crippen molar-refractivity contribution < 1.29 is 18.0 Å². The van der Waals surface area contributed by atoms with Crippen LogP contribution in [0.15, 0.2) is 35.9 Å². The first-order valence-corrected chi connectivity index (χ1v) is 9.14.